The average molecular weight is 289 g/mol. The predicted molar refractivity (Wildman–Crippen MR) is 68.3 cm³/mol. The Morgan fingerprint density at radius 2 is 1.90 bits per heavy atom. The van der Waals surface area contributed by atoms with Crippen molar-refractivity contribution in [2.24, 2.45) is 5.73 Å². The second-order valence-electron chi connectivity index (χ2n) is 3.61. The van der Waals surface area contributed by atoms with Crippen LogP contribution in [0.5, 0.6) is 5.75 Å². The number of halogens is 3. The van der Waals surface area contributed by atoms with Gasteiger partial charge in [0.1, 0.15) is 5.75 Å². The zero-order valence-corrected chi connectivity index (χ0v) is 10.4. The molecule has 1 rings (SSSR count). The summed E-state index contributed by atoms with van der Waals surface area (Å²) in [5.74, 6) is -0.352. The highest BCUT2D eigenvalue weighted by Crippen LogP contribution is 2.23. The van der Waals surface area contributed by atoms with Crippen molar-refractivity contribution in [3.63, 3.8) is 0 Å². The number of hydrogen-bond acceptors (Lipinski definition) is 3. The molecule has 0 heterocycles. The van der Waals surface area contributed by atoms with Crippen LogP contribution in [0.3, 0.4) is 0 Å². The van der Waals surface area contributed by atoms with Crippen LogP contribution in [0.25, 0.3) is 0 Å². The molecule has 0 spiro atoms. The summed E-state index contributed by atoms with van der Waals surface area (Å²) in [6, 6.07) is 4.35. The number of alkyl halides is 3. The fourth-order valence-corrected chi connectivity index (χ4v) is 1.25. The average Bonchev–Trinajstić information content (AvgIpc) is 2.35. The first-order valence-electron chi connectivity index (χ1n) is 5.66. The first-order chi connectivity index (χ1) is 9.40. The number of rotatable bonds is 5. The van der Waals surface area contributed by atoms with E-state index < -0.39 is 12.4 Å². The van der Waals surface area contributed by atoms with E-state index >= 15 is 0 Å². The fourth-order valence-electron chi connectivity index (χ4n) is 1.25. The molecule has 0 aliphatic heterocycles. The molecule has 0 saturated heterocycles. The summed E-state index contributed by atoms with van der Waals surface area (Å²) >= 11 is 0. The van der Waals surface area contributed by atoms with Crippen molar-refractivity contribution in [3.8, 4) is 5.75 Å². The van der Waals surface area contributed by atoms with Gasteiger partial charge in [0.2, 0.25) is 0 Å². The molecule has 0 aliphatic rings. The zero-order chi connectivity index (χ0) is 15.0. The van der Waals surface area contributed by atoms with Crippen molar-refractivity contribution in [2.45, 2.75) is 6.36 Å². The maximum Gasteiger partial charge on any atom is 0.573 e. The summed E-state index contributed by atoms with van der Waals surface area (Å²) in [4.78, 5) is 11.4. The van der Waals surface area contributed by atoms with Gasteiger partial charge in [-0.25, -0.2) is 4.79 Å². The number of carbonyl (C=O) groups is 1. The molecule has 0 fully saturated rings. The Morgan fingerprint density at radius 3 is 2.45 bits per heavy atom. The van der Waals surface area contributed by atoms with E-state index in [2.05, 4.69) is 15.4 Å². The molecule has 0 unspecified atom stereocenters. The molecule has 2 amide bonds. The van der Waals surface area contributed by atoms with Gasteiger partial charge in [-0.3, -0.25) is 0 Å². The quantitative estimate of drug-likeness (QED) is 0.727. The van der Waals surface area contributed by atoms with Crippen molar-refractivity contribution >= 4 is 11.7 Å². The van der Waals surface area contributed by atoms with Crippen LogP contribution >= 0.6 is 0 Å². The van der Waals surface area contributed by atoms with E-state index in [1.807, 2.05) is 0 Å². The molecule has 0 saturated carbocycles. The summed E-state index contributed by atoms with van der Waals surface area (Å²) in [5.41, 5.74) is 5.57. The van der Waals surface area contributed by atoms with Crippen LogP contribution < -0.4 is 21.1 Å². The molecule has 110 valence electrons. The molecule has 0 bridgehead atoms. The lowest BCUT2D eigenvalue weighted by Gasteiger charge is -2.10. The summed E-state index contributed by atoms with van der Waals surface area (Å²) in [7, 11) is 0. The Hall–Kier alpha value is -2.22. The van der Waals surface area contributed by atoms with Gasteiger partial charge in [0.15, 0.2) is 0 Å². The molecule has 0 aromatic heterocycles. The van der Waals surface area contributed by atoms with Gasteiger partial charge in [0, 0.05) is 18.8 Å². The van der Waals surface area contributed by atoms with Gasteiger partial charge in [0.25, 0.3) is 0 Å². The van der Waals surface area contributed by atoms with E-state index in [4.69, 9.17) is 5.73 Å². The third-order valence-corrected chi connectivity index (χ3v) is 2.03. The van der Waals surface area contributed by atoms with E-state index in [1.54, 1.807) is 12.2 Å². The van der Waals surface area contributed by atoms with Gasteiger partial charge < -0.3 is 21.1 Å². The highest BCUT2D eigenvalue weighted by molar-refractivity contribution is 5.89. The topological polar surface area (TPSA) is 76.4 Å². The zero-order valence-electron chi connectivity index (χ0n) is 10.4. The minimum atomic E-state index is -4.73. The number of hydrogen-bond donors (Lipinski definition) is 3. The minimum absolute atomic E-state index is 0.304. The molecule has 1 aromatic carbocycles. The van der Waals surface area contributed by atoms with Gasteiger partial charge in [-0.05, 0) is 24.3 Å². The van der Waals surface area contributed by atoms with E-state index in [9.17, 15) is 18.0 Å². The van der Waals surface area contributed by atoms with Gasteiger partial charge in [-0.15, -0.1) is 13.2 Å². The molecule has 4 N–H and O–H groups in total. The van der Waals surface area contributed by atoms with Gasteiger partial charge in [-0.2, -0.15) is 0 Å². The van der Waals surface area contributed by atoms with Crippen molar-refractivity contribution in [1.29, 1.82) is 0 Å². The third-order valence-electron chi connectivity index (χ3n) is 2.03. The molecular weight excluding hydrogens is 275 g/mol. The van der Waals surface area contributed by atoms with Gasteiger partial charge in [0.05, 0.1) is 0 Å². The summed E-state index contributed by atoms with van der Waals surface area (Å²) in [6.07, 6.45) is -1.37. The Kier molecular flexibility index (Phi) is 5.85. The van der Waals surface area contributed by atoms with E-state index in [1.165, 1.54) is 12.1 Å². The van der Waals surface area contributed by atoms with E-state index in [-0.39, 0.29) is 5.75 Å². The SMILES string of the molecule is NC/C=C/CNC(=O)Nc1ccc(OC(F)(F)F)cc1. The van der Waals surface area contributed by atoms with Gasteiger partial charge in [-0.1, -0.05) is 12.2 Å². The lowest BCUT2D eigenvalue weighted by atomic mass is 10.3. The molecule has 0 radical (unpaired) electrons. The number of ether oxygens (including phenoxy) is 1. The minimum Gasteiger partial charge on any atom is -0.406 e. The second kappa shape index (κ2) is 7.39. The summed E-state index contributed by atoms with van der Waals surface area (Å²) in [6.45, 7) is 0.683. The number of amides is 2. The van der Waals surface area contributed by atoms with Crippen LogP contribution in [-0.4, -0.2) is 25.5 Å². The smallest absolute Gasteiger partial charge is 0.406 e. The Bertz CT molecular complexity index is 458. The molecule has 0 atom stereocenters. The van der Waals surface area contributed by atoms with Crippen LogP contribution in [0, 0.1) is 0 Å². The van der Waals surface area contributed by atoms with Crippen LogP contribution in [0.1, 0.15) is 0 Å². The first kappa shape index (κ1) is 15.8. The number of anilines is 1. The monoisotopic (exact) mass is 289 g/mol. The fraction of sp³-hybridized carbons (Fsp3) is 0.250. The molecule has 5 nitrogen and oxygen atoms in total. The van der Waals surface area contributed by atoms with E-state index in [0.717, 1.165) is 12.1 Å². The third kappa shape index (κ3) is 6.64. The highest BCUT2D eigenvalue weighted by atomic mass is 19.4. The number of nitrogens with two attached hydrogens (primary N) is 1. The maximum absolute atomic E-state index is 11.9. The molecule has 20 heavy (non-hydrogen) atoms. The van der Waals surface area contributed by atoms with E-state index in [0.29, 0.717) is 18.8 Å². The maximum atomic E-state index is 11.9. The summed E-state index contributed by atoms with van der Waals surface area (Å²) in [5, 5.41) is 4.97. The highest BCUT2D eigenvalue weighted by Gasteiger charge is 2.30. The Labute approximate surface area is 113 Å². The normalized spacial score (nSPS) is 11.4. The Morgan fingerprint density at radius 1 is 1.25 bits per heavy atom. The van der Waals surface area contributed by atoms with Crippen molar-refractivity contribution in [2.75, 3.05) is 18.4 Å². The van der Waals surface area contributed by atoms with Crippen LogP contribution in [0.15, 0.2) is 36.4 Å². The van der Waals surface area contributed by atoms with Crippen LogP contribution in [0.2, 0.25) is 0 Å². The molecule has 1 aromatic rings. The Balaban J connectivity index is 2.45. The number of urea groups is 1. The number of carbonyl (C=O) groups excluding carboxylic acids is 1. The lowest BCUT2D eigenvalue weighted by molar-refractivity contribution is -0.274. The molecule has 0 aliphatic carbocycles. The predicted octanol–water partition coefficient (Wildman–Crippen LogP) is 2.22. The van der Waals surface area contributed by atoms with Crippen molar-refractivity contribution < 1.29 is 22.7 Å². The summed E-state index contributed by atoms with van der Waals surface area (Å²) < 4.78 is 39.5. The van der Waals surface area contributed by atoms with Crippen LogP contribution in [0.4, 0.5) is 23.7 Å². The standard InChI is InChI=1S/C12H14F3N3O2/c13-12(14,15)20-10-5-3-9(4-6-10)18-11(19)17-8-2-1-7-16/h1-6H,7-8,16H2,(H2,17,18,19)/b2-1+. The van der Waals surface area contributed by atoms with Crippen LogP contribution in [-0.2, 0) is 0 Å². The number of nitrogens with one attached hydrogen (secondary N) is 2. The lowest BCUT2D eigenvalue weighted by Crippen LogP contribution is -2.28. The second-order valence-corrected chi connectivity index (χ2v) is 3.61. The molecular formula is C12H14F3N3O2. The van der Waals surface area contributed by atoms with Crippen molar-refractivity contribution in [3.05, 3.63) is 36.4 Å². The molecule has 8 heteroatoms. The first-order valence-corrected chi connectivity index (χ1v) is 5.66. The number of benzene rings is 1. The van der Waals surface area contributed by atoms with Gasteiger partial charge >= 0.3 is 12.4 Å². The van der Waals surface area contributed by atoms with Crippen molar-refractivity contribution in [1.82, 2.24) is 5.32 Å². The largest absolute Gasteiger partial charge is 0.573 e.